The van der Waals surface area contributed by atoms with Gasteiger partial charge in [-0.15, -0.1) is 0 Å². The lowest BCUT2D eigenvalue weighted by Gasteiger charge is -2.10. The van der Waals surface area contributed by atoms with Crippen molar-refractivity contribution in [3.05, 3.63) is 93.5 Å². The van der Waals surface area contributed by atoms with Crippen LogP contribution in [0.15, 0.2) is 72.3 Å². The molecule has 3 aromatic carbocycles. The zero-order chi connectivity index (χ0) is 26.3. The Labute approximate surface area is 213 Å². The fraction of sp³-hybridized carbons (Fsp3) is 0.0800. The van der Waals surface area contributed by atoms with E-state index >= 15 is 0 Å². The van der Waals surface area contributed by atoms with E-state index in [-0.39, 0.29) is 28.6 Å². The van der Waals surface area contributed by atoms with Gasteiger partial charge in [0.25, 0.3) is 11.8 Å². The normalized spacial score (nSPS) is 11.4. The number of carbonyl (C=O) groups is 2. The van der Waals surface area contributed by atoms with E-state index in [0.717, 1.165) is 18.2 Å². The molecule has 0 aliphatic rings. The number of ether oxygens (including phenoxy) is 1. The van der Waals surface area contributed by atoms with E-state index in [1.54, 1.807) is 30.3 Å². The Balaban J connectivity index is 1.65. The lowest BCUT2D eigenvalue weighted by molar-refractivity contribution is -0.137. The van der Waals surface area contributed by atoms with E-state index in [9.17, 15) is 28.0 Å². The molecule has 0 aliphatic carbocycles. The van der Waals surface area contributed by atoms with Gasteiger partial charge < -0.3 is 15.4 Å². The molecule has 0 atom stereocenters. The maximum absolute atomic E-state index is 12.9. The van der Waals surface area contributed by atoms with Crippen LogP contribution in [0.4, 0.5) is 24.5 Å². The predicted octanol–water partition coefficient (Wildman–Crippen LogP) is 6.58. The van der Waals surface area contributed by atoms with Gasteiger partial charge >= 0.3 is 6.18 Å². The minimum absolute atomic E-state index is 0.110. The van der Waals surface area contributed by atoms with Crippen LogP contribution in [0.1, 0.15) is 11.1 Å². The summed E-state index contributed by atoms with van der Waals surface area (Å²) in [6.45, 7) is -0.339. The fourth-order valence-corrected chi connectivity index (χ4v) is 3.20. The van der Waals surface area contributed by atoms with Gasteiger partial charge in [0, 0.05) is 11.4 Å². The molecule has 0 fully saturated rings. The first-order chi connectivity index (χ1) is 17.0. The monoisotopic (exact) mass is 533 g/mol. The lowest BCUT2D eigenvalue weighted by atomic mass is 10.1. The first kappa shape index (κ1) is 26.6. The highest BCUT2D eigenvalue weighted by molar-refractivity contribution is 6.42. The summed E-state index contributed by atoms with van der Waals surface area (Å²) in [5.41, 5.74) is -0.563. The number of benzene rings is 3. The number of carbonyl (C=O) groups excluding carboxylic acids is 2. The number of amides is 2. The van der Waals surface area contributed by atoms with E-state index < -0.39 is 23.6 Å². The highest BCUT2D eigenvalue weighted by Gasteiger charge is 2.30. The second kappa shape index (κ2) is 11.6. The molecule has 3 rings (SSSR count). The van der Waals surface area contributed by atoms with Crippen molar-refractivity contribution in [1.82, 2.24) is 0 Å². The van der Waals surface area contributed by atoms with E-state index in [1.165, 1.54) is 30.3 Å². The number of halogens is 5. The third kappa shape index (κ3) is 7.50. The van der Waals surface area contributed by atoms with Gasteiger partial charge in [0.05, 0.1) is 15.6 Å². The number of nitrogens with zero attached hydrogens (tertiary/aromatic N) is 1. The van der Waals surface area contributed by atoms with Crippen molar-refractivity contribution in [1.29, 1.82) is 5.26 Å². The van der Waals surface area contributed by atoms with Gasteiger partial charge in [0.2, 0.25) is 0 Å². The Morgan fingerprint density at radius 3 is 2.36 bits per heavy atom. The molecule has 0 unspecified atom stereocenters. The quantitative estimate of drug-likeness (QED) is 0.265. The largest absolute Gasteiger partial charge is 0.484 e. The van der Waals surface area contributed by atoms with Gasteiger partial charge in [-0.3, -0.25) is 9.59 Å². The molecule has 0 bridgehead atoms. The predicted molar refractivity (Wildman–Crippen MR) is 131 cm³/mol. The molecular formula is C25H16Cl2F3N3O3. The van der Waals surface area contributed by atoms with Crippen molar-refractivity contribution in [3.63, 3.8) is 0 Å². The van der Waals surface area contributed by atoms with Crippen molar-refractivity contribution >= 4 is 52.5 Å². The van der Waals surface area contributed by atoms with Gasteiger partial charge in [-0.2, -0.15) is 18.4 Å². The average molecular weight is 534 g/mol. The highest BCUT2D eigenvalue weighted by Crippen LogP contribution is 2.31. The van der Waals surface area contributed by atoms with Crippen LogP contribution in [0.5, 0.6) is 5.75 Å². The summed E-state index contributed by atoms with van der Waals surface area (Å²) in [5.74, 6) is -1.07. The summed E-state index contributed by atoms with van der Waals surface area (Å²) in [4.78, 5) is 24.6. The van der Waals surface area contributed by atoms with Crippen molar-refractivity contribution in [2.45, 2.75) is 6.18 Å². The van der Waals surface area contributed by atoms with Crippen molar-refractivity contribution < 1.29 is 27.5 Å². The van der Waals surface area contributed by atoms with Gasteiger partial charge in [-0.05, 0) is 60.2 Å². The van der Waals surface area contributed by atoms with Crippen LogP contribution in [-0.4, -0.2) is 18.4 Å². The van der Waals surface area contributed by atoms with E-state index in [0.29, 0.717) is 16.3 Å². The van der Waals surface area contributed by atoms with E-state index in [1.807, 2.05) is 0 Å². The number of hydrogen-bond acceptors (Lipinski definition) is 4. The lowest BCUT2D eigenvalue weighted by Crippen LogP contribution is -2.20. The topological polar surface area (TPSA) is 91.2 Å². The second-order valence-corrected chi connectivity index (χ2v) is 8.06. The van der Waals surface area contributed by atoms with E-state index in [4.69, 9.17) is 27.9 Å². The second-order valence-electron chi connectivity index (χ2n) is 7.24. The molecule has 6 nitrogen and oxygen atoms in total. The van der Waals surface area contributed by atoms with Crippen LogP contribution in [0.2, 0.25) is 10.0 Å². The maximum Gasteiger partial charge on any atom is 0.416 e. The van der Waals surface area contributed by atoms with E-state index in [2.05, 4.69) is 10.6 Å². The van der Waals surface area contributed by atoms with Crippen molar-refractivity contribution in [2.24, 2.45) is 0 Å². The molecule has 184 valence electrons. The Hall–Kier alpha value is -4.00. The first-order valence-electron chi connectivity index (χ1n) is 10.1. The number of hydrogen-bond donors (Lipinski definition) is 2. The molecule has 11 heteroatoms. The van der Waals surface area contributed by atoms with Crippen LogP contribution >= 0.6 is 23.2 Å². The Kier molecular flexibility index (Phi) is 8.59. The number of rotatable bonds is 7. The summed E-state index contributed by atoms with van der Waals surface area (Å²) < 4.78 is 44.1. The van der Waals surface area contributed by atoms with Crippen LogP contribution in [-0.2, 0) is 15.8 Å². The maximum atomic E-state index is 12.9. The summed E-state index contributed by atoms with van der Waals surface area (Å²) in [6, 6.07) is 16.6. The average Bonchev–Trinajstić information content (AvgIpc) is 2.83. The smallest absolute Gasteiger partial charge is 0.416 e. The molecule has 3 aromatic rings. The number of alkyl halides is 3. The Morgan fingerprint density at radius 1 is 0.944 bits per heavy atom. The Morgan fingerprint density at radius 2 is 1.67 bits per heavy atom. The summed E-state index contributed by atoms with van der Waals surface area (Å²) in [5, 5.41) is 14.9. The van der Waals surface area contributed by atoms with Crippen LogP contribution in [0.25, 0.3) is 6.08 Å². The number of nitriles is 1. The zero-order valence-corrected chi connectivity index (χ0v) is 19.7. The number of nitrogens with one attached hydrogen (secondary N) is 2. The van der Waals surface area contributed by atoms with Gasteiger partial charge in [-0.1, -0.05) is 41.4 Å². The van der Waals surface area contributed by atoms with Crippen molar-refractivity contribution in [3.8, 4) is 11.8 Å². The van der Waals surface area contributed by atoms with Gasteiger partial charge in [0.15, 0.2) is 6.61 Å². The van der Waals surface area contributed by atoms with Crippen molar-refractivity contribution in [2.75, 3.05) is 17.2 Å². The minimum atomic E-state index is -4.58. The molecular weight excluding hydrogens is 518 g/mol. The third-order valence-corrected chi connectivity index (χ3v) is 5.29. The van der Waals surface area contributed by atoms with Crippen LogP contribution in [0.3, 0.4) is 0 Å². The molecule has 36 heavy (non-hydrogen) atoms. The van der Waals surface area contributed by atoms with Gasteiger partial charge in [-0.25, -0.2) is 0 Å². The minimum Gasteiger partial charge on any atom is -0.484 e. The molecule has 0 aliphatic heterocycles. The zero-order valence-electron chi connectivity index (χ0n) is 18.2. The fourth-order valence-electron chi connectivity index (χ4n) is 2.90. The highest BCUT2D eigenvalue weighted by atomic mass is 35.5. The molecule has 0 saturated heterocycles. The third-order valence-electron chi connectivity index (χ3n) is 4.56. The number of anilines is 2. The molecule has 0 spiro atoms. The van der Waals surface area contributed by atoms with Gasteiger partial charge in [0.1, 0.15) is 17.4 Å². The van der Waals surface area contributed by atoms with Crippen LogP contribution < -0.4 is 15.4 Å². The summed E-state index contributed by atoms with van der Waals surface area (Å²) >= 11 is 11.8. The molecule has 0 heterocycles. The molecule has 0 saturated carbocycles. The molecule has 2 N–H and O–H groups in total. The first-order valence-corrected chi connectivity index (χ1v) is 10.9. The summed E-state index contributed by atoms with van der Waals surface area (Å²) in [7, 11) is 0. The summed E-state index contributed by atoms with van der Waals surface area (Å²) in [6.07, 6.45) is -3.33. The molecule has 0 radical (unpaired) electrons. The molecule has 0 aromatic heterocycles. The van der Waals surface area contributed by atoms with Crippen LogP contribution in [0, 0.1) is 11.3 Å². The standard InChI is InChI=1S/C25H16Cl2F3N3O3/c26-21-8-7-19(12-22(21)27)32-23(34)14-36-20-6-1-3-15(10-20)9-16(13-31)24(35)33-18-5-2-4-17(11-18)25(28,29)30/h1-12H,14H2,(H,32,34)(H,33,35)/b16-9+. The molecule has 2 amide bonds. The Bertz CT molecular complexity index is 1370. The SMILES string of the molecule is N#C/C(=C\c1cccc(OCC(=O)Nc2ccc(Cl)c(Cl)c2)c1)C(=O)Nc1cccc(C(F)(F)F)c1.